The standard InChI is InChI=1S/C14H16N2O3S/c1-5-10(17)16-13-11(14(18)19-4)9(3)12(20-13)8(2)6-7-15/h6H,5H2,1-4H3,(H,16,17). The number of carbonyl (C=O) groups excluding carboxylic acids is 2. The summed E-state index contributed by atoms with van der Waals surface area (Å²) in [7, 11) is 1.29. The summed E-state index contributed by atoms with van der Waals surface area (Å²) in [6.07, 6.45) is 1.73. The molecule has 1 heterocycles. The highest BCUT2D eigenvalue weighted by Gasteiger charge is 2.23. The summed E-state index contributed by atoms with van der Waals surface area (Å²) < 4.78 is 4.76. The molecule has 0 unspecified atom stereocenters. The number of allylic oxidation sites excluding steroid dienone is 2. The highest BCUT2D eigenvalue weighted by molar-refractivity contribution is 7.18. The zero-order valence-corrected chi connectivity index (χ0v) is 12.7. The molecule has 5 nitrogen and oxygen atoms in total. The molecule has 0 atom stereocenters. The number of methoxy groups -OCH3 is 1. The van der Waals surface area contributed by atoms with Gasteiger partial charge in [0.25, 0.3) is 0 Å². The third kappa shape index (κ3) is 3.25. The van der Waals surface area contributed by atoms with Crippen molar-refractivity contribution in [1.82, 2.24) is 0 Å². The van der Waals surface area contributed by atoms with E-state index in [0.717, 1.165) is 10.5 Å². The SMILES string of the molecule is CCC(=O)Nc1sc(C(C)=CC#N)c(C)c1C(=O)OC. The summed E-state index contributed by atoms with van der Waals surface area (Å²) >= 11 is 1.27. The molecule has 0 aliphatic heterocycles. The van der Waals surface area contributed by atoms with Crippen LogP contribution in [-0.4, -0.2) is 19.0 Å². The van der Waals surface area contributed by atoms with Crippen LogP contribution in [0.1, 0.15) is 41.1 Å². The van der Waals surface area contributed by atoms with E-state index in [1.807, 2.05) is 6.07 Å². The number of hydrogen-bond donors (Lipinski definition) is 1. The van der Waals surface area contributed by atoms with Crippen LogP contribution in [0.15, 0.2) is 6.08 Å². The number of amides is 1. The lowest BCUT2D eigenvalue weighted by Crippen LogP contribution is -2.12. The Morgan fingerprint density at radius 3 is 2.65 bits per heavy atom. The fourth-order valence-corrected chi connectivity index (χ4v) is 2.89. The predicted molar refractivity (Wildman–Crippen MR) is 78.6 cm³/mol. The van der Waals surface area contributed by atoms with Gasteiger partial charge in [0.15, 0.2) is 0 Å². The van der Waals surface area contributed by atoms with Crippen LogP contribution in [-0.2, 0) is 9.53 Å². The maximum atomic E-state index is 11.9. The first-order valence-corrected chi connectivity index (χ1v) is 6.86. The molecule has 0 fully saturated rings. The molecule has 0 radical (unpaired) electrons. The lowest BCUT2D eigenvalue weighted by molar-refractivity contribution is -0.115. The molecule has 0 aliphatic carbocycles. The number of nitrogens with one attached hydrogen (secondary N) is 1. The fourth-order valence-electron chi connectivity index (χ4n) is 1.70. The Balaban J connectivity index is 3.39. The minimum Gasteiger partial charge on any atom is -0.465 e. The van der Waals surface area contributed by atoms with Crippen molar-refractivity contribution in [3.8, 4) is 6.07 Å². The molecule has 1 aromatic heterocycles. The van der Waals surface area contributed by atoms with Crippen molar-refractivity contribution in [3.63, 3.8) is 0 Å². The van der Waals surface area contributed by atoms with E-state index in [-0.39, 0.29) is 5.91 Å². The molecule has 1 rings (SSSR count). The zero-order chi connectivity index (χ0) is 15.3. The Bertz CT molecular complexity index is 609. The van der Waals surface area contributed by atoms with Crippen LogP contribution >= 0.6 is 11.3 Å². The van der Waals surface area contributed by atoms with Gasteiger partial charge in [-0.1, -0.05) is 6.92 Å². The molecular formula is C14H16N2O3S. The first kappa shape index (κ1) is 15.9. The third-order valence-electron chi connectivity index (χ3n) is 2.75. The number of hydrogen-bond acceptors (Lipinski definition) is 5. The monoisotopic (exact) mass is 292 g/mol. The molecule has 0 bridgehead atoms. The number of thiophene rings is 1. The third-order valence-corrected chi connectivity index (χ3v) is 4.09. The van der Waals surface area contributed by atoms with Crippen molar-refractivity contribution < 1.29 is 14.3 Å². The van der Waals surface area contributed by atoms with E-state index >= 15 is 0 Å². The summed E-state index contributed by atoms with van der Waals surface area (Å²) in [5.41, 5.74) is 1.80. The second-order valence-electron chi connectivity index (χ2n) is 4.11. The maximum Gasteiger partial charge on any atom is 0.341 e. The van der Waals surface area contributed by atoms with E-state index < -0.39 is 5.97 Å². The number of carbonyl (C=O) groups is 2. The van der Waals surface area contributed by atoms with Gasteiger partial charge < -0.3 is 10.1 Å². The van der Waals surface area contributed by atoms with Crippen LogP contribution in [0.3, 0.4) is 0 Å². The highest BCUT2D eigenvalue weighted by atomic mass is 32.1. The number of nitrogens with zero attached hydrogens (tertiary/aromatic N) is 1. The number of anilines is 1. The van der Waals surface area contributed by atoms with Crippen LogP contribution in [0.4, 0.5) is 5.00 Å². The van der Waals surface area contributed by atoms with Crippen molar-refractivity contribution >= 4 is 33.8 Å². The Labute approximate surface area is 121 Å². The van der Waals surface area contributed by atoms with Gasteiger partial charge in [0, 0.05) is 17.4 Å². The molecule has 0 saturated heterocycles. The molecule has 20 heavy (non-hydrogen) atoms. The Kier molecular flexibility index (Phi) is 5.47. The molecule has 1 aromatic rings. The smallest absolute Gasteiger partial charge is 0.341 e. The topological polar surface area (TPSA) is 79.2 Å². The van der Waals surface area contributed by atoms with E-state index in [0.29, 0.717) is 22.5 Å². The van der Waals surface area contributed by atoms with Gasteiger partial charge in [0.1, 0.15) is 5.00 Å². The van der Waals surface area contributed by atoms with Gasteiger partial charge >= 0.3 is 5.97 Å². The van der Waals surface area contributed by atoms with Crippen LogP contribution in [0.25, 0.3) is 5.57 Å². The highest BCUT2D eigenvalue weighted by Crippen LogP contribution is 2.37. The number of ether oxygens (including phenoxy) is 1. The maximum absolute atomic E-state index is 11.9. The van der Waals surface area contributed by atoms with Gasteiger partial charge in [0.05, 0.1) is 18.7 Å². The summed E-state index contributed by atoms with van der Waals surface area (Å²) in [6.45, 7) is 5.29. The van der Waals surface area contributed by atoms with Gasteiger partial charge in [0.2, 0.25) is 5.91 Å². The Morgan fingerprint density at radius 1 is 1.50 bits per heavy atom. The van der Waals surface area contributed by atoms with E-state index in [1.165, 1.54) is 24.5 Å². The molecule has 6 heteroatoms. The molecule has 0 spiro atoms. The normalized spacial score (nSPS) is 10.8. The number of rotatable bonds is 4. The molecule has 1 amide bonds. The average molecular weight is 292 g/mol. The molecular weight excluding hydrogens is 276 g/mol. The minimum absolute atomic E-state index is 0.176. The number of nitriles is 1. The summed E-state index contributed by atoms with van der Waals surface area (Å²) in [5.74, 6) is -0.675. The van der Waals surface area contributed by atoms with E-state index in [9.17, 15) is 9.59 Å². The summed E-state index contributed by atoms with van der Waals surface area (Å²) in [5, 5.41) is 11.9. The molecule has 0 saturated carbocycles. The summed E-state index contributed by atoms with van der Waals surface area (Å²) in [4.78, 5) is 24.2. The van der Waals surface area contributed by atoms with Gasteiger partial charge in [-0.25, -0.2) is 4.79 Å². The van der Waals surface area contributed by atoms with Gasteiger partial charge in [-0.2, -0.15) is 5.26 Å². The van der Waals surface area contributed by atoms with Crippen molar-refractivity contribution in [2.24, 2.45) is 0 Å². The van der Waals surface area contributed by atoms with Crippen molar-refractivity contribution in [2.45, 2.75) is 27.2 Å². The van der Waals surface area contributed by atoms with Gasteiger partial charge in [-0.3, -0.25) is 4.79 Å². The minimum atomic E-state index is -0.499. The van der Waals surface area contributed by atoms with Crippen LogP contribution in [0.5, 0.6) is 0 Å². The second-order valence-corrected chi connectivity index (χ2v) is 5.13. The number of esters is 1. The van der Waals surface area contributed by atoms with E-state index in [4.69, 9.17) is 10.00 Å². The van der Waals surface area contributed by atoms with Crippen molar-refractivity contribution in [3.05, 3.63) is 22.1 Å². The summed E-state index contributed by atoms with van der Waals surface area (Å²) in [6, 6.07) is 1.96. The quantitative estimate of drug-likeness (QED) is 0.683. The Hall–Kier alpha value is -2.13. The van der Waals surface area contributed by atoms with Crippen LogP contribution < -0.4 is 5.32 Å². The predicted octanol–water partition coefficient (Wildman–Crippen LogP) is 3.12. The largest absolute Gasteiger partial charge is 0.465 e. The first-order chi connectivity index (χ1) is 9.46. The lowest BCUT2D eigenvalue weighted by Gasteiger charge is -2.04. The van der Waals surface area contributed by atoms with E-state index in [1.54, 1.807) is 20.8 Å². The molecule has 106 valence electrons. The first-order valence-electron chi connectivity index (χ1n) is 6.04. The fraction of sp³-hybridized carbons (Fsp3) is 0.357. The van der Waals surface area contributed by atoms with Gasteiger partial charge in [-0.15, -0.1) is 11.3 Å². The van der Waals surface area contributed by atoms with Crippen molar-refractivity contribution in [1.29, 1.82) is 5.26 Å². The molecule has 1 N–H and O–H groups in total. The second kappa shape index (κ2) is 6.87. The van der Waals surface area contributed by atoms with E-state index in [2.05, 4.69) is 5.32 Å². The van der Waals surface area contributed by atoms with Crippen LogP contribution in [0.2, 0.25) is 0 Å². The lowest BCUT2D eigenvalue weighted by atomic mass is 10.1. The average Bonchev–Trinajstić information content (AvgIpc) is 2.75. The molecule has 0 aliphatic rings. The molecule has 0 aromatic carbocycles. The van der Waals surface area contributed by atoms with Gasteiger partial charge in [-0.05, 0) is 25.0 Å². The van der Waals surface area contributed by atoms with Crippen molar-refractivity contribution in [2.75, 3.05) is 12.4 Å². The Morgan fingerprint density at radius 2 is 2.15 bits per heavy atom. The zero-order valence-electron chi connectivity index (χ0n) is 11.9. The van der Waals surface area contributed by atoms with Crippen LogP contribution in [0, 0.1) is 18.3 Å².